The molecule has 1 aliphatic rings. The number of nitrogens with zero attached hydrogens (tertiary/aromatic N) is 1. The van der Waals surface area contributed by atoms with Crippen molar-refractivity contribution < 1.29 is 19.1 Å². The van der Waals surface area contributed by atoms with E-state index in [-0.39, 0.29) is 25.2 Å². The Morgan fingerprint density at radius 2 is 1.29 bits per heavy atom. The zero-order valence-electron chi connectivity index (χ0n) is 16.4. The van der Waals surface area contributed by atoms with Crippen LogP contribution >= 0.6 is 0 Å². The number of hydrogen-bond donors (Lipinski definition) is 0. The van der Waals surface area contributed by atoms with E-state index in [1.54, 1.807) is 13.8 Å². The van der Waals surface area contributed by atoms with Crippen LogP contribution in [-0.2, 0) is 19.1 Å². The molecule has 5 nitrogen and oxygen atoms in total. The van der Waals surface area contributed by atoms with Gasteiger partial charge < -0.3 is 9.47 Å². The Balaban J connectivity index is 1.79. The predicted octanol–water partition coefficient (Wildman–Crippen LogP) is 3.45. The molecule has 0 bridgehead atoms. The van der Waals surface area contributed by atoms with Crippen molar-refractivity contribution in [2.75, 3.05) is 26.3 Å². The molecule has 1 saturated heterocycles. The standard InChI is InChI=1S/C23H27NO4/c1-3-27-22(25)20(23(26)28-4-2)19-15-24(16-19)21(17-11-7-5-8-12-17)18-13-9-6-10-14-18/h5-14,19-21H,3-4,15-16H2,1-2H3. The van der Waals surface area contributed by atoms with Gasteiger partial charge in [0.1, 0.15) is 0 Å². The van der Waals surface area contributed by atoms with Gasteiger partial charge in [-0.15, -0.1) is 0 Å². The molecule has 1 fully saturated rings. The predicted molar refractivity (Wildman–Crippen MR) is 107 cm³/mol. The highest BCUT2D eigenvalue weighted by atomic mass is 16.6. The molecular formula is C23H27NO4. The Bertz CT molecular complexity index is 714. The molecule has 2 aromatic carbocycles. The molecule has 5 heteroatoms. The highest BCUT2D eigenvalue weighted by Crippen LogP contribution is 2.37. The maximum Gasteiger partial charge on any atom is 0.320 e. The molecule has 0 radical (unpaired) electrons. The zero-order chi connectivity index (χ0) is 19.9. The lowest BCUT2D eigenvalue weighted by atomic mass is 9.82. The van der Waals surface area contributed by atoms with Crippen LogP contribution in [0.1, 0.15) is 31.0 Å². The molecule has 3 rings (SSSR count). The van der Waals surface area contributed by atoms with Crippen molar-refractivity contribution in [3.63, 3.8) is 0 Å². The Morgan fingerprint density at radius 1 is 0.857 bits per heavy atom. The van der Waals surface area contributed by atoms with Gasteiger partial charge in [0.05, 0.1) is 19.3 Å². The number of esters is 2. The van der Waals surface area contributed by atoms with Gasteiger partial charge in [0.15, 0.2) is 5.92 Å². The molecule has 0 N–H and O–H groups in total. The van der Waals surface area contributed by atoms with Crippen molar-refractivity contribution in [3.8, 4) is 0 Å². The van der Waals surface area contributed by atoms with Gasteiger partial charge in [0.2, 0.25) is 0 Å². The van der Waals surface area contributed by atoms with Gasteiger partial charge in [-0.25, -0.2) is 0 Å². The van der Waals surface area contributed by atoms with Gasteiger partial charge in [-0.3, -0.25) is 14.5 Å². The van der Waals surface area contributed by atoms with Crippen LogP contribution in [0.3, 0.4) is 0 Å². The van der Waals surface area contributed by atoms with Crippen LogP contribution in [0.4, 0.5) is 0 Å². The zero-order valence-corrected chi connectivity index (χ0v) is 16.4. The first-order valence-electron chi connectivity index (χ1n) is 9.82. The first-order valence-corrected chi connectivity index (χ1v) is 9.82. The first-order chi connectivity index (χ1) is 13.7. The van der Waals surface area contributed by atoms with Gasteiger partial charge in [0.25, 0.3) is 0 Å². The lowest BCUT2D eigenvalue weighted by molar-refractivity contribution is -0.168. The number of likely N-dealkylation sites (tertiary alicyclic amines) is 1. The number of carbonyl (C=O) groups is 2. The number of benzene rings is 2. The normalized spacial score (nSPS) is 14.7. The van der Waals surface area contributed by atoms with E-state index < -0.39 is 17.9 Å². The Kier molecular flexibility index (Phi) is 6.82. The molecule has 0 aromatic heterocycles. The SMILES string of the molecule is CCOC(=O)C(C(=O)OCC)C1CN(C(c2ccccc2)c2ccccc2)C1. The highest BCUT2D eigenvalue weighted by Gasteiger charge is 2.46. The number of hydrogen-bond acceptors (Lipinski definition) is 5. The fourth-order valence-electron chi connectivity index (χ4n) is 3.80. The molecule has 0 saturated carbocycles. The fourth-order valence-corrected chi connectivity index (χ4v) is 3.80. The quantitative estimate of drug-likeness (QED) is 0.518. The second-order valence-electron chi connectivity index (χ2n) is 6.92. The van der Waals surface area contributed by atoms with E-state index in [9.17, 15) is 9.59 Å². The smallest absolute Gasteiger partial charge is 0.320 e. The molecule has 1 aliphatic heterocycles. The highest BCUT2D eigenvalue weighted by molar-refractivity contribution is 5.95. The number of rotatable bonds is 8. The molecule has 1 heterocycles. The summed E-state index contributed by atoms with van der Waals surface area (Å²) in [6.45, 7) is 5.26. The van der Waals surface area contributed by atoms with Crippen LogP contribution in [-0.4, -0.2) is 43.1 Å². The summed E-state index contributed by atoms with van der Waals surface area (Å²) in [6, 6.07) is 20.7. The van der Waals surface area contributed by atoms with Crippen LogP contribution in [0.15, 0.2) is 60.7 Å². The van der Waals surface area contributed by atoms with Crippen molar-refractivity contribution in [1.82, 2.24) is 4.90 Å². The van der Waals surface area contributed by atoms with Crippen molar-refractivity contribution in [1.29, 1.82) is 0 Å². The third-order valence-corrected chi connectivity index (χ3v) is 5.09. The summed E-state index contributed by atoms with van der Waals surface area (Å²) >= 11 is 0. The molecule has 0 atom stereocenters. The molecule has 148 valence electrons. The summed E-state index contributed by atoms with van der Waals surface area (Å²) < 4.78 is 10.3. The molecule has 0 spiro atoms. The first kappa shape index (κ1) is 20.1. The Hall–Kier alpha value is -2.66. The Morgan fingerprint density at radius 3 is 1.68 bits per heavy atom. The minimum Gasteiger partial charge on any atom is -0.465 e. The largest absolute Gasteiger partial charge is 0.465 e. The van der Waals surface area contributed by atoms with E-state index in [0.29, 0.717) is 13.1 Å². The summed E-state index contributed by atoms with van der Waals surface area (Å²) in [5.74, 6) is -1.93. The molecular weight excluding hydrogens is 354 g/mol. The maximum atomic E-state index is 12.4. The molecule has 0 amide bonds. The van der Waals surface area contributed by atoms with Crippen molar-refractivity contribution in [2.45, 2.75) is 19.9 Å². The van der Waals surface area contributed by atoms with E-state index >= 15 is 0 Å². The van der Waals surface area contributed by atoms with Crippen molar-refractivity contribution in [3.05, 3.63) is 71.8 Å². The van der Waals surface area contributed by atoms with Gasteiger partial charge in [-0.05, 0) is 25.0 Å². The molecule has 2 aromatic rings. The van der Waals surface area contributed by atoms with E-state index in [4.69, 9.17) is 9.47 Å². The van der Waals surface area contributed by atoms with Gasteiger partial charge in [-0.1, -0.05) is 60.7 Å². The lowest BCUT2D eigenvalue weighted by Gasteiger charge is -2.46. The number of ether oxygens (including phenoxy) is 2. The third-order valence-electron chi connectivity index (χ3n) is 5.09. The minimum atomic E-state index is -0.858. The second-order valence-corrected chi connectivity index (χ2v) is 6.92. The molecule has 0 aliphatic carbocycles. The maximum absolute atomic E-state index is 12.4. The van der Waals surface area contributed by atoms with Gasteiger partial charge in [-0.2, -0.15) is 0 Å². The van der Waals surface area contributed by atoms with Crippen molar-refractivity contribution in [2.24, 2.45) is 11.8 Å². The molecule has 0 unspecified atom stereocenters. The Labute approximate surface area is 166 Å². The van der Waals surface area contributed by atoms with E-state index in [0.717, 1.165) is 0 Å². The molecule has 28 heavy (non-hydrogen) atoms. The van der Waals surface area contributed by atoms with E-state index in [1.807, 2.05) is 36.4 Å². The van der Waals surface area contributed by atoms with Crippen LogP contribution < -0.4 is 0 Å². The summed E-state index contributed by atoms with van der Waals surface area (Å²) in [5, 5.41) is 0. The summed E-state index contributed by atoms with van der Waals surface area (Å²) in [7, 11) is 0. The van der Waals surface area contributed by atoms with Gasteiger partial charge in [0, 0.05) is 19.0 Å². The van der Waals surface area contributed by atoms with Crippen LogP contribution in [0.25, 0.3) is 0 Å². The lowest BCUT2D eigenvalue weighted by Crippen LogP contribution is -2.55. The average molecular weight is 381 g/mol. The third kappa shape index (κ3) is 4.42. The minimum absolute atomic E-state index is 0.0868. The van der Waals surface area contributed by atoms with Crippen LogP contribution in [0.5, 0.6) is 0 Å². The monoisotopic (exact) mass is 381 g/mol. The number of carbonyl (C=O) groups excluding carboxylic acids is 2. The second kappa shape index (κ2) is 9.51. The van der Waals surface area contributed by atoms with E-state index in [2.05, 4.69) is 29.2 Å². The van der Waals surface area contributed by atoms with Gasteiger partial charge >= 0.3 is 11.9 Å². The van der Waals surface area contributed by atoms with Crippen molar-refractivity contribution >= 4 is 11.9 Å². The average Bonchev–Trinajstić information content (AvgIpc) is 2.68. The topological polar surface area (TPSA) is 55.8 Å². The fraction of sp³-hybridized carbons (Fsp3) is 0.391. The summed E-state index contributed by atoms with van der Waals surface area (Å²) in [5.41, 5.74) is 2.38. The van der Waals surface area contributed by atoms with Crippen LogP contribution in [0.2, 0.25) is 0 Å². The van der Waals surface area contributed by atoms with E-state index in [1.165, 1.54) is 11.1 Å². The summed E-state index contributed by atoms with van der Waals surface area (Å²) in [4.78, 5) is 27.0. The summed E-state index contributed by atoms with van der Waals surface area (Å²) in [6.07, 6.45) is 0. The van der Waals surface area contributed by atoms with Crippen LogP contribution in [0, 0.1) is 11.8 Å².